The second-order valence-corrected chi connectivity index (χ2v) is 1.96. The summed E-state index contributed by atoms with van der Waals surface area (Å²) in [4.78, 5) is 7.64. The number of aromatic nitrogens is 2. The van der Waals surface area contributed by atoms with Crippen LogP contribution < -0.4 is 5.73 Å². The van der Waals surface area contributed by atoms with Gasteiger partial charge in [0.25, 0.3) is 0 Å². The van der Waals surface area contributed by atoms with Crippen LogP contribution in [0.3, 0.4) is 0 Å². The van der Waals surface area contributed by atoms with E-state index in [9.17, 15) is 0 Å². The van der Waals surface area contributed by atoms with Gasteiger partial charge in [-0.25, -0.2) is 9.97 Å². The number of aryl methyl sites for hydroxylation is 1. The number of hydrogen-bond acceptors (Lipinski definition) is 3. The molecule has 5 heteroatoms. The molecule has 0 aliphatic heterocycles. The van der Waals surface area contributed by atoms with Gasteiger partial charge in [-0.05, 0) is 13.0 Å². The average molecular weight is 173 g/mol. The van der Waals surface area contributed by atoms with Crippen LogP contribution in [0, 0.1) is 12.3 Å². The number of amidine groups is 1. The van der Waals surface area contributed by atoms with Crippen molar-refractivity contribution in [2.24, 2.45) is 5.73 Å². The third kappa shape index (κ3) is 2.51. The van der Waals surface area contributed by atoms with Crippen LogP contribution in [0.15, 0.2) is 12.4 Å². The summed E-state index contributed by atoms with van der Waals surface area (Å²) in [6, 6.07) is 1.67. The lowest BCUT2D eigenvalue weighted by molar-refractivity contribution is 1.08. The van der Waals surface area contributed by atoms with E-state index in [1.54, 1.807) is 6.07 Å². The SMILES string of the molecule is Cc1cc(C(=N)N)ncn1.Cl. The second kappa shape index (κ2) is 3.88. The molecule has 1 aromatic heterocycles. The fraction of sp³-hybridized carbons (Fsp3) is 0.167. The smallest absolute Gasteiger partial charge is 0.141 e. The van der Waals surface area contributed by atoms with Gasteiger partial charge in [-0.3, -0.25) is 5.41 Å². The van der Waals surface area contributed by atoms with Gasteiger partial charge in [-0.2, -0.15) is 0 Å². The lowest BCUT2D eigenvalue weighted by atomic mass is 10.3. The lowest BCUT2D eigenvalue weighted by Gasteiger charge is -1.95. The Balaban J connectivity index is 0.000001000. The van der Waals surface area contributed by atoms with Gasteiger partial charge in [0.15, 0.2) is 0 Å². The van der Waals surface area contributed by atoms with Crippen LogP contribution in [-0.4, -0.2) is 15.8 Å². The Morgan fingerprint density at radius 3 is 2.55 bits per heavy atom. The Morgan fingerprint density at radius 2 is 2.18 bits per heavy atom. The molecule has 0 aromatic carbocycles. The predicted octanol–water partition coefficient (Wildman–Crippen LogP) is 0.491. The van der Waals surface area contributed by atoms with Gasteiger partial charge < -0.3 is 5.73 Å². The summed E-state index contributed by atoms with van der Waals surface area (Å²) >= 11 is 0. The summed E-state index contributed by atoms with van der Waals surface area (Å²) in [5.74, 6) is -0.0227. The number of rotatable bonds is 1. The standard InChI is InChI=1S/C6H8N4.ClH/c1-4-2-5(6(7)8)10-3-9-4;/h2-3H,1H3,(H3,7,8);1H. The minimum atomic E-state index is -0.0227. The van der Waals surface area contributed by atoms with Crippen molar-refractivity contribution in [3.63, 3.8) is 0 Å². The number of hydrogen-bond donors (Lipinski definition) is 2. The van der Waals surface area contributed by atoms with E-state index in [1.165, 1.54) is 6.33 Å². The van der Waals surface area contributed by atoms with Gasteiger partial charge in [0.1, 0.15) is 17.9 Å². The van der Waals surface area contributed by atoms with Crippen molar-refractivity contribution in [1.82, 2.24) is 9.97 Å². The van der Waals surface area contributed by atoms with Crippen LogP contribution in [0.25, 0.3) is 0 Å². The highest BCUT2D eigenvalue weighted by atomic mass is 35.5. The predicted molar refractivity (Wildman–Crippen MR) is 45.0 cm³/mol. The summed E-state index contributed by atoms with van der Waals surface area (Å²) in [6.07, 6.45) is 1.39. The Labute approximate surface area is 70.8 Å². The molecular weight excluding hydrogens is 164 g/mol. The highest BCUT2D eigenvalue weighted by Gasteiger charge is 1.95. The number of halogens is 1. The minimum absolute atomic E-state index is 0. The summed E-state index contributed by atoms with van der Waals surface area (Å²) < 4.78 is 0. The summed E-state index contributed by atoms with van der Waals surface area (Å²) in [5, 5.41) is 7.02. The molecule has 0 unspecified atom stereocenters. The highest BCUT2D eigenvalue weighted by Crippen LogP contribution is 1.93. The second-order valence-electron chi connectivity index (χ2n) is 1.96. The molecule has 0 amide bonds. The molecule has 0 saturated carbocycles. The van der Waals surface area contributed by atoms with Gasteiger partial charge in [0.05, 0.1) is 0 Å². The van der Waals surface area contributed by atoms with E-state index in [1.807, 2.05) is 6.92 Å². The molecule has 0 bridgehead atoms. The van der Waals surface area contributed by atoms with Crippen LogP contribution >= 0.6 is 12.4 Å². The molecule has 0 saturated heterocycles. The molecule has 1 rings (SSSR count). The molecule has 0 spiro atoms. The molecule has 0 fully saturated rings. The Hall–Kier alpha value is -1.16. The van der Waals surface area contributed by atoms with E-state index in [2.05, 4.69) is 9.97 Å². The van der Waals surface area contributed by atoms with Crippen LogP contribution in [0.2, 0.25) is 0 Å². The third-order valence-electron chi connectivity index (χ3n) is 1.08. The first-order chi connectivity index (χ1) is 4.70. The third-order valence-corrected chi connectivity index (χ3v) is 1.08. The van der Waals surface area contributed by atoms with Gasteiger partial charge >= 0.3 is 0 Å². The van der Waals surface area contributed by atoms with Crippen LogP contribution in [0.4, 0.5) is 0 Å². The van der Waals surface area contributed by atoms with E-state index in [4.69, 9.17) is 11.1 Å². The van der Waals surface area contributed by atoms with E-state index in [-0.39, 0.29) is 18.2 Å². The lowest BCUT2D eigenvalue weighted by Crippen LogP contribution is -2.13. The first-order valence-corrected chi connectivity index (χ1v) is 2.83. The molecule has 1 aromatic rings. The van der Waals surface area contributed by atoms with Crippen molar-refractivity contribution in [3.05, 3.63) is 23.8 Å². The molecule has 11 heavy (non-hydrogen) atoms. The molecule has 4 nitrogen and oxygen atoms in total. The number of nitrogens with one attached hydrogen (secondary N) is 1. The topological polar surface area (TPSA) is 75.7 Å². The molecule has 0 aliphatic rings. The summed E-state index contributed by atoms with van der Waals surface area (Å²) in [6.45, 7) is 1.83. The Bertz CT molecular complexity index is 261. The number of nitrogen functional groups attached to an aromatic ring is 1. The van der Waals surface area contributed by atoms with Crippen molar-refractivity contribution in [1.29, 1.82) is 5.41 Å². The normalized spacial score (nSPS) is 8.45. The zero-order chi connectivity index (χ0) is 7.56. The fourth-order valence-corrected chi connectivity index (χ4v) is 0.602. The van der Waals surface area contributed by atoms with Crippen LogP contribution in [0.1, 0.15) is 11.4 Å². The van der Waals surface area contributed by atoms with Crippen molar-refractivity contribution in [3.8, 4) is 0 Å². The first kappa shape index (κ1) is 9.84. The quantitative estimate of drug-likeness (QED) is 0.478. The van der Waals surface area contributed by atoms with Crippen molar-refractivity contribution in [2.45, 2.75) is 6.92 Å². The maximum absolute atomic E-state index is 7.02. The summed E-state index contributed by atoms with van der Waals surface area (Å²) in [5.41, 5.74) is 6.47. The Kier molecular flexibility index (Phi) is 3.47. The molecule has 0 aliphatic carbocycles. The molecule has 3 N–H and O–H groups in total. The maximum atomic E-state index is 7.02. The average Bonchev–Trinajstić information content (AvgIpc) is 1.88. The summed E-state index contributed by atoms with van der Waals surface area (Å²) in [7, 11) is 0. The van der Waals surface area contributed by atoms with Crippen LogP contribution in [-0.2, 0) is 0 Å². The Morgan fingerprint density at radius 1 is 1.55 bits per heavy atom. The van der Waals surface area contributed by atoms with Crippen LogP contribution in [0.5, 0.6) is 0 Å². The molecular formula is C6H9ClN4. The van der Waals surface area contributed by atoms with Gasteiger partial charge in [0, 0.05) is 5.69 Å². The fourth-order valence-electron chi connectivity index (χ4n) is 0.602. The molecule has 0 radical (unpaired) electrons. The molecule has 0 atom stereocenters. The number of nitrogens with two attached hydrogens (primary N) is 1. The first-order valence-electron chi connectivity index (χ1n) is 2.83. The van der Waals surface area contributed by atoms with Crippen molar-refractivity contribution < 1.29 is 0 Å². The van der Waals surface area contributed by atoms with E-state index < -0.39 is 0 Å². The number of nitrogens with zero attached hydrogens (tertiary/aromatic N) is 2. The zero-order valence-electron chi connectivity index (χ0n) is 6.03. The molecule has 60 valence electrons. The van der Waals surface area contributed by atoms with Gasteiger partial charge in [0.2, 0.25) is 0 Å². The monoisotopic (exact) mass is 172 g/mol. The van der Waals surface area contributed by atoms with Crippen molar-refractivity contribution >= 4 is 18.2 Å². The van der Waals surface area contributed by atoms with E-state index in [0.717, 1.165) is 5.69 Å². The zero-order valence-corrected chi connectivity index (χ0v) is 6.85. The largest absolute Gasteiger partial charge is 0.382 e. The van der Waals surface area contributed by atoms with Crippen molar-refractivity contribution in [2.75, 3.05) is 0 Å². The maximum Gasteiger partial charge on any atom is 0.141 e. The minimum Gasteiger partial charge on any atom is -0.382 e. The van der Waals surface area contributed by atoms with E-state index in [0.29, 0.717) is 5.69 Å². The van der Waals surface area contributed by atoms with Gasteiger partial charge in [-0.1, -0.05) is 0 Å². The molecule has 1 heterocycles. The van der Waals surface area contributed by atoms with Gasteiger partial charge in [-0.15, -0.1) is 12.4 Å². The highest BCUT2D eigenvalue weighted by molar-refractivity contribution is 5.92. The van der Waals surface area contributed by atoms with E-state index >= 15 is 0 Å².